The molecule has 0 aromatic heterocycles. The van der Waals surface area contributed by atoms with Gasteiger partial charge < -0.3 is 15.0 Å². The van der Waals surface area contributed by atoms with E-state index in [1.54, 1.807) is 18.1 Å². The molecule has 0 radical (unpaired) electrons. The lowest BCUT2D eigenvalue weighted by atomic mass is 10.1. The number of quaternary nitrogens is 1. The number of fused-ring (bicyclic) bond motifs is 1. The zero-order valence-corrected chi connectivity index (χ0v) is 15.6. The van der Waals surface area contributed by atoms with Crippen LogP contribution in [0, 0.1) is 0 Å². The number of likely N-dealkylation sites (tertiary alicyclic amines) is 1. The van der Waals surface area contributed by atoms with Gasteiger partial charge in [-0.2, -0.15) is 0 Å². The lowest BCUT2D eigenvalue weighted by Gasteiger charge is -2.23. The molecule has 0 bridgehead atoms. The van der Waals surface area contributed by atoms with Crippen molar-refractivity contribution < 1.29 is 14.4 Å². The molecule has 0 saturated carbocycles. The van der Waals surface area contributed by atoms with Crippen molar-refractivity contribution in [1.82, 2.24) is 5.32 Å². The van der Waals surface area contributed by atoms with Gasteiger partial charge in [0.1, 0.15) is 5.75 Å². The molecule has 0 atom stereocenters. The summed E-state index contributed by atoms with van der Waals surface area (Å²) in [5, 5.41) is 5.26. The lowest BCUT2D eigenvalue weighted by Crippen LogP contribution is -3.12. The van der Waals surface area contributed by atoms with Crippen molar-refractivity contribution in [2.24, 2.45) is 0 Å². The fourth-order valence-corrected chi connectivity index (χ4v) is 3.56. The maximum atomic E-state index is 12.0. The second-order valence-electron chi connectivity index (χ2n) is 7.01. The Kier molecular flexibility index (Phi) is 6.67. The quantitative estimate of drug-likeness (QED) is 0.593. The largest absolute Gasteiger partial charge is 0.497 e. The van der Waals surface area contributed by atoms with E-state index in [-0.39, 0.29) is 5.91 Å². The van der Waals surface area contributed by atoms with Gasteiger partial charge >= 0.3 is 0 Å². The minimum atomic E-state index is -0.0199. The molecule has 2 aromatic carbocycles. The van der Waals surface area contributed by atoms with E-state index in [4.69, 9.17) is 4.74 Å². The summed E-state index contributed by atoms with van der Waals surface area (Å²) in [5.41, 5.74) is 1.02. The molecule has 26 heavy (non-hydrogen) atoms. The molecule has 1 heterocycles. The molecule has 0 aliphatic carbocycles. The van der Waals surface area contributed by atoms with Crippen LogP contribution in [0.2, 0.25) is 0 Å². The molecule has 0 unspecified atom stereocenters. The minimum Gasteiger partial charge on any atom is -0.497 e. The Morgan fingerprint density at radius 3 is 2.69 bits per heavy atom. The van der Waals surface area contributed by atoms with E-state index in [0.29, 0.717) is 0 Å². The van der Waals surface area contributed by atoms with Gasteiger partial charge in [0.05, 0.1) is 26.7 Å². The number of methoxy groups -OCH3 is 1. The summed E-state index contributed by atoms with van der Waals surface area (Å²) in [7, 11) is 1.67. The van der Waals surface area contributed by atoms with Crippen molar-refractivity contribution in [3.05, 3.63) is 48.0 Å². The van der Waals surface area contributed by atoms with Crippen molar-refractivity contribution >= 4 is 22.8 Å². The Labute approximate surface area is 155 Å². The number of piperidine rings is 1. The third-order valence-electron chi connectivity index (χ3n) is 5.07. The summed E-state index contributed by atoms with van der Waals surface area (Å²) < 4.78 is 5.25. The number of ether oxygens (including phenoxy) is 1. The molecule has 1 fully saturated rings. The molecule has 1 aliphatic heterocycles. The summed E-state index contributed by atoms with van der Waals surface area (Å²) in [6.07, 6.45) is 8.62. The average Bonchev–Trinajstić information content (AvgIpc) is 2.70. The SMILES string of the molecule is COc1ccc2cc(/C=C/C(=O)NCCC[NH+]3CCCCC3)ccc2c1. The number of nitrogens with one attached hydrogen (secondary N) is 2. The van der Waals surface area contributed by atoms with Crippen molar-refractivity contribution in [1.29, 1.82) is 0 Å². The summed E-state index contributed by atoms with van der Waals surface area (Å²) >= 11 is 0. The summed E-state index contributed by atoms with van der Waals surface area (Å²) in [6, 6.07) is 12.2. The smallest absolute Gasteiger partial charge is 0.244 e. The Hall–Kier alpha value is -2.33. The molecule has 3 rings (SSSR count). The molecule has 1 amide bonds. The molecular formula is C22H29N2O2+. The number of amides is 1. The Morgan fingerprint density at radius 1 is 1.12 bits per heavy atom. The van der Waals surface area contributed by atoms with Gasteiger partial charge in [0, 0.05) is 19.0 Å². The maximum absolute atomic E-state index is 12.0. The van der Waals surface area contributed by atoms with Crippen LogP contribution in [0.25, 0.3) is 16.8 Å². The van der Waals surface area contributed by atoms with Gasteiger partial charge in [-0.15, -0.1) is 0 Å². The standard InChI is InChI=1S/C22H28N2O2/c1-26-21-10-9-19-16-18(6-8-20(19)17-21)7-11-22(25)23-12-5-15-24-13-3-2-4-14-24/h6-11,16-17H,2-5,12-15H2,1H3,(H,23,25)/p+1/b11-7+. The molecule has 0 spiro atoms. The highest BCUT2D eigenvalue weighted by molar-refractivity contribution is 5.93. The van der Waals surface area contributed by atoms with Crippen LogP contribution in [0.1, 0.15) is 31.2 Å². The van der Waals surface area contributed by atoms with Crippen molar-refractivity contribution in [2.45, 2.75) is 25.7 Å². The van der Waals surface area contributed by atoms with Crippen LogP contribution in [0.15, 0.2) is 42.5 Å². The highest BCUT2D eigenvalue weighted by atomic mass is 16.5. The second-order valence-corrected chi connectivity index (χ2v) is 7.01. The lowest BCUT2D eigenvalue weighted by molar-refractivity contribution is -0.904. The fourth-order valence-electron chi connectivity index (χ4n) is 3.56. The van der Waals surface area contributed by atoms with E-state index in [2.05, 4.69) is 17.4 Å². The van der Waals surface area contributed by atoms with E-state index in [1.807, 2.05) is 30.3 Å². The predicted octanol–water partition coefficient (Wildman–Crippen LogP) is 2.44. The zero-order chi connectivity index (χ0) is 18.2. The number of hydrogen-bond acceptors (Lipinski definition) is 2. The van der Waals surface area contributed by atoms with E-state index in [1.165, 1.54) is 32.4 Å². The third kappa shape index (κ3) is 5.33. The molecule has 4 heteroatoms. The molecule has 1 aliphatic rings. The first kappa shape index (κ1) is 18.5. The Morgan fingerprint density at radius 2 is 1.88 bits per heavy atom. The van der Waals surface area contributed by atoms with Gasteiger partial charge in [0.15, 0.2) is 0 Å². The van der Waals surface area contributed by atoms with Crippen LogP contribution in [0.3, 0.4) is 0 Å². The molecule has 138 valence electrons. The van der Waals surface area contributed by atoms with Gasteiger partial charge in [-0.1, -0.05) is 18.2 Å². The summed E-state index contributed by atoms with van der Waals surface area (Å²) in [6.45, 7) is 4.51. The summed E-state index contributed by atoms with van der Waals surface area (Å²) in [4.78, 5) is 13.7. The van der Waals surface area contributed by atoms with E-state index in [0.717, 1.165) is 41.6 Å². The first-order chi connectivity index (χ1) is 12.7. The first-order valence-electron chi connectivity index (χ1n) is 9.62. The van der Waals surface area contributed by atoms with Gasteiger partial charge in [-0.25, -0.2) is 0 Å². The average molecular weight is 353 g/mol. The van der Waals surface area contributed by atoms with Crippen molar-refractivity contribution in [3.8, 4) is 5.75 Å². The number of hydrogen-bond donors (Lipinski definition) is 2. The van der Waals surface area contributed by atoms with Crippen LogP contribution in [0.5, 0.6) is 5.75 Å². The van der Waals surface area contributed by atoms with Gasteiger partial charge in [0.25, 0.3) is 0 Å². The van der Waals surface area contributed by atoms with Crippen molar-refractivity contribution in [2.75, 3.05) is 33.3 Å². The molecule has 1 saturated heterocycles. The molecular weight excluding hydrogens is 324 g/mol. The monoisotopic (exact) mass is 353 g/mol. The van der Waals surface area contributed by atoms with Gasteiger partial charge in [-0.3, -0.25) is 4.79 Å². The zero-order valence-electron chi connectivity index (χ0n) is 15.6. The fraction of sp³-hybridized carbons (Fsp3) is 0.409. The second kappa shape index (κ2) is 9.39. The van der Waals surface area contributed by atoms with Crippen LogP contribution in [-0.4, -0.2) is 39.2 Å². The van der Waals surface area contributed by atoms with Crippen LogP contribution in [0.4, 0.5) is 0 Å². The number of carbonyl (C=O) groups excluding carboxylic acids is 1. The number of carbonyl (C=O) groups is 1. The van der Waals surface area contributed by atoms with E-state index < -0.39 is 0 Å². The maximum Gasteiger partial charge on any atom is 0.244 e. The topological polar surface area (TPSA) is 42.8 Å². The Bertz CT molecular complexity index is 764. The van der Waals surface area contributed by atoms with Crippen LogP contribution in [-0.2, 0) is 4.79 Å². The Balaban J connectivity index is 1.46. The first-order valence-corrected chi connectivity index (χ1v) is 9.62. The van der Waals surface area contributed by atoms with Crippen LogP contribution < -0.4 is 15.0 Å². The van der Waals surface area contributed by atoms with E-state index in [9.17, 15) is 4.79 Å². The molecule has 4 nitrogen and oxygen atoms in total. The highest BCUT2D eigenvalue weighted by Gasteiger charge is 2.12. The molecule has 2 aromatic rings. The number of benzene rings is 2. The molecule has 2 N–H and O–H groups in total. The van der Waals surface area contributed by atoms with Crippen molar-refractivity contribution in [3.63, 3.8) is 0 Å². The number of rotatable bonds is 7. The van der Waals surface area contributed by atoms with Gasteiger partial charge in [-0.05, 0) is 59.9 Å². The van der Waals surface area contributed by atoms with Gasteiger partial charge in [0.2, 0.25) is 5.91 Å². The normalized spacial score (nSPS) is 15.4. The van der Waals surface area contributed by atoms with Crippen LogP contribution >= 0.6 is 0 Å². The predicted molar refractivity (Wildman–Crippen MR) is 107 cm³/mol. The third-order valence-corrected chi connectivity index (χ3v) is 5.07. The van der Waals surface area contributed by atoms with E-state index >= 15 is 0 Å². The summed E-state index contributed by atoms with van der Waals surface area (Å²) in [5.74, 6) is 0.833. The minimum absolute atomic E-state index is 0.0199. The highest BCUT2D eigenvalue weighted by Crippen LogP contribution is 2.22.